The Kier molecular flexibility index (Phi) is 5.25. The van der Waals surface area contributed by atoms with E-state index < -0.39 is 0 Å². The Balaban J connectivity index is 2.90. The highest BCUT2D eigenvalue weighted by molar-refractivity contribution is 6.35. The van der Waals surface area contributed by atoms with E-state index in [1.807, 2.05) is 19.9 Å². The summed E-state index contributed by atoms with van der Waals surface area (Å²) in [6.45, 7) is 4.34. The summed E-state index contributed by atoms with van der Waals surface area (Å²) in [5.41, 5.74) is 6.25. The Morgan fingerprint density at radius 2 is 2.06 bits per heavy atom. The first kappa shape index (κ1) is 14.3. The Morgan fingerprint density at radius 3 is 2.53 bits per heavy atom. The van der Waals surface area contributed by atoms with Crippen molar-refractivity contribution >= 4 is 29.1 Å². The molecule has 17 heavy (non-hydrogen) atoms. The lowest BCUT2D eigenvalue weighted by molar-refractivity contribution is -0.132. The van der Waals surface area contributed by atoms with Crippen molar-refractivity contribution in [1.82, 2.24) is 4.90 Å². The van der Waals surface area contributed by atoms with Gasteiger partial charge in [-0.05, 0) is 31.5 Å². The summed E-state index contributed by atoms with van der Waals surface area (Å²) in [6.07, 6.45) is 0. The van der Waals surface area contributed by atoms with Gasteiger partial charge in [0, 0.05) is 22.6 Å². The molecule has 0 spiro atoms. The molecule has 5 heteroatoms. The van der Waals surface area contributed by atoms with E-state index in [1.54, 1.807) is 17.0 Å². The molecule has 0 unspecified atom stereocenters. The second-order valence-corrected chi connectivity index (χ2v) is 4.90. The maximum absolute atomic E-state index is 11.7. The number of halogens is 2. The Hall–Kier alpha value is -0.770. The molecular weight excluding hydrogens is 259 g/mol. The van der Waals surface area contributed by atoms with Gasteiger partial charge in [-0.25, -0.2) is 0 Å². The number of amides is 1. The molecule has 0 radical (unpaired) electrons. The number of hydrogen-bond donors (Lipinski definition) is 1. The fourth-order valence-electron chi connectivity index (χ4n) is 1.51. The van der Waals surface area contributed by atoms with Crippen LogP contribution in [0.3, 0.4) is 0 Å². The molecule has 0 fully saturated rings. The standard InChI is InChI=1S/C12H16Cl2N2O/c1-8(2)16(12(17)6-15)7-9-3-4-10(13)5-11(9)14/h3-5,8H,6-7,15H2,1-2H3. The van der Waals surface area contributed by atoms with Gasteiger partial charge in [-0.3, -0.25) is 4.79 Å². The van der Waals surface area contributed by atoms with Crippen molar-refractivity contribution in [3.63, 3.8) is 0 Å². The molecule has 0 atom stereocenters. The number of nitrogens with zero attached hydrogens (tertiary/aromatic N) is 1. The molecule has 0 bridgehead atoms. The molecule has 1 aromatic carbocycles. The van der Waals surface area contributed by atoms with Crippen molar-refractivity contribution in [3.8, 4) is 0 Å². The molecule has 1 rings (SSSR count). The molecule has 0 aliphatic rings. The molecule has 0 aliphatic carbocycles. The number of carbonyl (C=O) groups excluding carboxylic acids is 1. The molecule has 3 nitrogen and oxygen atoms in total. The second-order valence-electron chi connectivity index (χ2n) is 4.06. The number of benzene rings is 1. The van der Waals surface area contributed by atoms with Crippen LogP contribution in [-0.2, 0) is 11.3 Å². The minimum atomic E-state index is -0.0917. The van der Waals surface area contributed by atoms with Crippen molar-refractivity contribution in [3.05, 3.63) is 33.8 Å². The lowest BCUT2D eigenvalue weighted by Crippen LogP contribution is -2.40. The molecule has 0 saturated carbocycles. The summed E-state index contributed by atoms with van der Waals surface area (Å²) < 4.78 is 0. The maximum atomic E-state index is 11.7. The summed E-state index contributed by atoms with van der Waals surface area (Å²) in [6, 6.07) is 5.33. The molecule has 0 aliphatic heterocycles. The van der Waals surface area contributed by atoms with E-state index in [1.165, 1.54) is 0 Å². The number of nitrogens with two attached hydrogens (primary N) is 1. The zero-order chi connectivity index (χ0) is 13.0. The first-order valence-corrected chi connectivity index (χ1v) is 6.14. The summed E-state index contributed by atoms with van der Waals surface area (Å²) in [5.74, 6) is -0.0917. The van der Waals surface area contributed by atoms with E-state index in [4.69, 9.17) is 28.9 Å². The van der Waals surface area contributed by atoms with Gasteiger partial charge in [-0.1, -0.05) is 29.3 Å². The summed E-state index contributed by atoms with van der Waals surface area (Å²) in [7, 11) is 0. The van der Waals surface area contributed by atoms with E-state index in [0.717, 1.165) is 5.56 Å². The van der Waals surface area contributed by atoms with Crippen molar-refractivity contribution in [1.29, 1.82) is 0 Å². The number of hydrogen-bond acceptors (Lipinski definition) is 2. The van der Waals surface area contributed by atoms with Crippen LogP contribution in [0.15, 0.2) is 18.2 Å². The molecule has 1 amide bonds. The minimum Gasteiger partial charge on any atom is -0.335 e. The lowest BCUT2D eigenvalue weighted by atomic mass is 10.2. The third-order valence-electron chi connectivity index (χ3n) is 2.47. The first-order valence-electron chi connectivity index (χ1n) is 5.39. The van der Waals surface area contributed by atoms with E-state index in [-0.39, 0.29) is 18.5 Å². The van der Waals surface area contributed by atoms with Gasteiger partial charge in [0.25, 0.3) is 0 Å². The average Bonchev–Trinajstić information content (AvgIpc) is 2.26. The third kappa shape index (κ3) is 3.87. The highest BCUT2D eigenvalue weighted by atomic mass is 35.5. The smallest absolute Gasteiger partial charge is 0.236 e. The van der Waals surface area contributed by atoms with Gasteiger partial charge in [0.15, 0.2) is 0 Å². The minimum absolute atomic E-state index is 0.00336. The van der Waals surface area contributed by atoms with Crippen LogP contribution >= 0.6 is 23.2 Å². The van der Waals surface area contributed by atoms with E-state index in [2.05, 4.69) is 0 Å². The monoisotopic (exact) mass is 274 g/mol. The van der Waals surface area contributed by atoms with Crippen molar-refractivity contribution in [2.45, 2.75) is 26.4 Å². The Bertz CT molecular complexity index is 407. The summed E-state index contributed by atoms with van der Waals surface area (Å²) in [4.78, 5) is 13.4. The van der Waals surface area contributed by atoms with Crippen molar-refractivity contribution in [2.24, 2.45) is 5.73 Å². The van der Waals surface area contributed by atoms with Gasteiger partial charge in [0.1, 0.15) is 0 Å². The summed E-state index contributed by atoms with van der Waals surface area (Å²) in [5, 5.41) is 1.15. The molecule has 1 aromatic rings. The highest BCUT2D eigenvalue weighted by Crippen LogP contribution is 2.22. The van der Waals surface area contributed by atoms with Crippen LogP contribution in [0.2, 0.25) is 10.0 Å². The molecule has 94 valence electrons. The fraction of sp³-hybridized carbons (Fsp3) is 0.417. The van der Waals surface area contributed by atoms with Gasteiger partial charge in [0.05, 0.1) is 6.54 Å². The molecule has 0 aromatic heterocycles. The van der Waals surface area contributed by atoms with Crippen LogP contribution in [0.4, 0.5) is 0 Å². The molecule has 0 saturated heterocycles. The van der Waals surface area contributed by atoms with Crippen LogP contribution in [0.5, 0.6) is 0 Å². The van der Waals surface area contributed by atoms with Crippen molar-refractivity contribution < 1.29 is 4.79 Å². The van der Waals surface area contributed by atoms with Crippen LogP contribution in [0.25, 0.3) is 0 Å². The first-order chi connectivity index (χ1) is 7.95. The fourth-order valence-corrected chi connectivity index (χ4v) is 1.98. The number of rotatable bonds is 4. The highest BCUT2D eigenvalue weighted by Gasteiger charge is 2.16. The zero-order valence-corrected chi connectivity index (χ0v) is 11.4. The van der Waals surface area contributed by atoms with Crippen molar-refractivity contribution in [2.75, 3.05) is 6.54 Å². The predicted molar refractivity (Wildman–Crippen MR) is 71.2 cm³/mol. The van der Waals surface area contributed by atoms with Crippen LogP contribution in [0.1, 0.15) is 19.4 Å². The molecular formula is C12H16Cl2N2O. The Morgan fingerprint density at radius 1 is 1.41 bits per heavy atom. The lowest BCUT2D eigenvalue weighted by Gasteiger charge is -2.26. The number of carbonyl (C=O) groups is 1. The third-order valence-corrected chi connectivity index (χ3v) is 3.06. The summed E-state index contributed by atoms with van der Waals surface area (Å²) >= 11 is 11.9. The molecule has 0 heterocycles. The van der Waals surface area contributed by atoms with Crippen LogP contribution < -0.4 is 5.73 Å². The quantitative estimate of drug-likeness (QED) is 0.918. The van der Waals surface area contributed by atoms with Crippen LogP contribution in [-0.4, -0.2) is 23.4 Å². The van der Waals surface area contributed by atoms with E-state index in [0.29, 0.717) is 16.6 Å². The van der Waals surface area contributed by atoms with E-state index in [9.17, 15) is 4.79 Å². The largest absolute Gasteiger partial charge is 0.335 e. The topological polar surface area (TPSA) is 46.3 Å². The van der Waals surface area contributed by atoms with Gasteiger partial charge >= 0.3 is 0 Å². The SMILES string of the molecule is CC(C)N(Cc1ccc(Cl)cc1Cl)C(=O)CN. The van der Waals surface area contributed by atoms with Crippen LogP contribution in [0, 0.1) is 0 Å². The second kappa shape index (κ2) is 6.24. The molecule has 2 N–H and O–H groups in total. The van der Waals surface area contributed by atoms with Gasteiger partial charge in [-0.15, -0.1) is 0 Å². The Labute approximate surface area is 111 Å². The van der Waals surface area contributed by atoms with E-state index >= 15 is 0 Å². The van der Waals surface area contributed by atoms with Gasteiger partial charge < -0.3 is 10.6 Å². The normalized spacial score (nSPS) is 10.7. The maximum Gasteiger partial charge on any atom is 0.236 e. The van der Waals surface area contributed by atoms with Gasteiger partial charge in [-0.2, -0.15) is 0 Å². The predicted octanol–water partition coefficient (Wildman–Crippen LogP) is 2.69. The zero-order valence-electron chi connectivity index (χ0n) is 9.91. The average molecular weight is 275 g/mol. The van der Waals surface area contributed by atoms with Gasteiger partial charge in [0.2, 0.25) is 5.91 Å².